The van der Waals surface area contributed by atoms with Crippen molar-refractivity contribution in [2.45, 2.75) is 6.10 Å². The number of halogens is 1. The number of nitrogens with zero attached hydrogens (tertiary/aromatic N) is 1. The molecule has 1 amide bonds. The molecule has 0 aliphatic heterocycles. The summed E-state index contributed by atoms with van der Waals surface area (Å²) in [6.45, 7) is 0.208. The fourth-order valence-corrected chi connectivity index (χ4v) is 1.65. The molecule has 2 aromatic rings. The first-order valence-electron chi connectivity index (χ1n) is 5.68. The van der Waals surface area contributed by atoms with E-state index in [-0.39, 0.29) is 18.1 Å². The zero-order chi connectivity index (χ0) is 13.7. The van der Waals surface area contributed by atoms with Gasteiger partial charge in [0, 0.05) is 19.7 Å². The zero-order valence-electron chi connectivity index (χ0n) is 10.3. The number of benzene rings is 1. The summed E-state index contributed by atoms with van der Waals surface area (Å²) in [7, 11) is 1.50. The van der Waals surface area contributed by atoms with Gasteiger partial charge in [-0.2, -0.15) is 0 Å². The minimum Gasteiger partial charge on any atom is -0.375 e. The lowest BCUT2D eigenvalue weighted by atomic mass is 10.1. The van der Waals surface area contributed by atoms with E-state index in [2.05, 4.69) is 10.5 Å². The van der Waals surface area contributed by atoms with Crippen LogP contribution >= 0.6 is 0 Å². The van der Waals surface area contributed by atoms with Crippen molar-refractivity contribution >= 4 is 5.91 Å². The standard InChI is InChI=1S/C13H13FN2O3/c1-18-12(9-3-2-4-10(14)7-9)8-15-13(17)11-5-6-16-19-11/h2-7,12H,8H2,1H3,(H,15,17)/t12-/m0/s1. The maximum absolute atomic E-state index is 13.1. The molecule has 6 heteroatoms. The monoisotopic (exact) mass is 264 g/mol. The van der Waals surface area contributed by atoms with Gasteiger partial charge in [0.15, 0.2) is 0 Å². The summed E-state index contributed by atoms with van der Waals surface area (Å²) in [5, 5.41) is 6.08. The van der Waals surface area contributed by atoms with Crippen LogP contribution in [0.1, 0.15) is 22.2 Å². The Morgan fingerprint density at radius 1 is 1.53 bits per heavy atom. The number of hydrogen-bond acceptors (Lipinski definition) is 4. The summed E-state index contributed by atoms with van der Waals surface area (Å²) < 4.78 is 23.1. The van der Waals surface area contributed by atoms with Crippen molar-refractivity contribution in [1.82, 2.24) is 10.5 Å². The first-order chi connectivity index (χ1) is 9.20. The molecule has 1 heterocycles. The Morgan fingerprint density at radius 2 is 2.37 bits per heavy atom. The summed E-state index contributed by atoms with van der Waals surface area (Å²) in [6.07, 6.45) is 0.956. The fraction of sp³-hybridized carbons (Fsp3) is 0.231. The fourth-order valence-electron chi connectivity index (χ4n) is 1.65. The largest absolute Gasteiger partial charge is 0.375 e. The molecule has 0 bridgehead atoms. The van der Waals surface area contributed by atoms with Crippen LogP contribution in [0.4, 0.5) is 4.39 Å². The number of methoxy groups -OCH3 is 1. The van der Waals surface area contributed by atoms with Crippen LogP contribution in [0.25, 0.3) is 0 Å². The van der Waals surface area contributed by atoms with Gasteiger partial charge in [0.2, 0.25) is 5.76 Å². The molecule has 0 fully saturated rings. The molecule has 1 aromatic carbocycles. The number of carbonyl (C=O) groups excluding carboxylic acids is 1. The van der Waals surface area contributed by atoms with Gasteiger partial charge < -0.3 is 14.6 Å². The second-order valence-electron chi connectivity index (χ2n) is 3.87. The van der Waals surface area contributed by atoms with E-state index in [0.29, 0.717) is 5.56 Å². The second-order valence-corrected chi connectivity index (χ2v) is 3.87. The number of nitrogens with one attached hydrogen (secondary N) is 1. The molecule has 1 aromatic heterocycles. The van der Waals surface area contributed by atoms with Crippen LogP contribution in [0.5, 0.6) is 0 Å². The third-order valence-corrected chi connectivity index (χ3v) is 2.61. The summed E-state index contributed by atoms with van der Waals surface area (Å²) in [4.78, 5) is 11.6. The van der Waals surface area contributed by atoms with Crippen molar-refractivity contribution in [3.05, 3.63) is 53.7 Å². The highest BCUT2D eigenvalue weighted by Gasteiger charge is 2.15. The van der Waals surface area contributed by atoms with E-state index in [9.17, 15) is 9.18 Å². The van der Waals surface area contributed by atoms with Gasteiger partial charge >= 0.3 is 0 Å². The second kappa shape index (κ2) is 6.10. The Kier molecular flexibility index (Phi) is 4.25. The van der Waals surface area contributed by atoms with Crippen molar-refractivity contribution in [3.8, 4) is 0 Å². The number of amides is 1. The molecule has 0 unspecified atom stereocenters. The van der Waals surface area contributed by atoms with Gasteiger partial charge in [0.1, 0.15) is 5.82 Å². The van der Waals surface area contributed by atoms with Crippen LogP contribution in [0.2, 0.25) is 0 Å². The maximum atomic E-state index is 13.1. The molecule has 2 rings (SSSR count). The molecule has 1 N–H and O–H groups in total. The van der Waals surface area contributed by atoms with Crippen molar-refractivity contribution in [3.63, 3.8) is 0 Å². The van der Waals surface area contributed by atoms with E-state index in [1.165, 1.54) is 31.5 Å². The lowest BCUT2D eigenvalue weighted by molar-refractivity contribution is 0.0800. The summed E-state index contributed by atoms with van der Waals surface area (Å²) in [5.41, 5.74) is 0.653. The summed E-state index contributed by atoms with van der Waals surface area (Å²) in [6, 6.07) is 7.50. The zero-order valence-corrected chi connectivity index (χ0v) is 10.3. The van der Waals surface area contributed by atoms with Gasteiger partial charge in [-0.25, -0.2) is 4.39 Å². The van der Waals surface area contributed by atoms with Crippen LogP contribution in [0, 0.1) is 5.82 Å². The lowest BCUT2D eigenvalue weighted by Gasteiger charge is -2.16. The SMILES string of the molecule is CO[C@@H](CNC(=O)c1ccno1)c1cccc(F)c1. The highest BCUT2D eigenvalue weighted by molar-refractivity contribution is 5.91. The normalized spacial score (nSPS) is 12.1. The molecular weight excluding hydrogens is 251 g/mol. The Hall–Kier alpha value is -2.21. The van der Waals surface area contributed by atoms with Gasteiger partial charge in [0.05, 0.1) is 12.3 Å². The van der Waals surface area contributed by atoms with Crippen LogP contribution in [0.15, 0.2) is 41.1 Å². The van der Waals surface area contributed by atoms with Gasteiger partial charge in [0.25, 0.3) is 5.91 Å². The molecule has 0 spiro atoms. The first kappa shape index (κ1) is 13.2. The number of ether oxygens (including phenoxy) is 1. The van der Waals surface area contributed by atoms with Gasteiger partial charge in [-0.05, 0) is 17.7 Å². The number of aromatic nitrogens is 1. The highest BCUT2D eigenvalue weighted by atomic mass is 19.1. The number of hydrogen-bond donors (Lipinski definition) is 1. The Balaban J connectivity index is 1.98. The summed E-state index contributed by atoms with van der Waals surface area (Å²) in [5.74, 6) is -0.619. The molecule has 19 heavy (non-hydrogen) atoms. The Bertz CT molecular complexity index is 543. The smallest absolute Gasteiger partial charge is 0.289 e. The van der Waals surface area contributed by atoms with Crippen molar-refractivity contribution < 1.29 is 18.4 Å². The van der Waals surface area contributed by atoms with Gasteiger partial charge in [-0.1, -0.05) is 17.3 Å². The molecule has 0 radical (unpaired) electrons. The lowest BCUT2D eigenvalue weighted by Crippen LogP contribution is -2.28. The molecule has 5 nitrogen and oxygen atoms in total. The third-order valence-electron chi connectivity index (χ3n) is 2.61. The quantitative estimate of drug-likeness (QED) is 0.896. The van der Waals surface area contributed by atoms with Crippen molar-refractivity contribution in [2.24, 2.45) is 0 Å². The van der Waals surface area contributed by atoms with Gasteiger partial charge in [-0.3, -0.25) is 4.79 Å². The first-order valence-corrected chi connectivity index (χ1v) is 5.68. The molecule has 0 saturated carbocycles. The van der Waals surface area contributed by atoms with Crippen molar-refractivity contribution in [1.29, 1.82) is 0 Å². The molecule has 0 aliphatic carbocycles. The van der Waals surface area contributed by atoms with Gasteiger partial charge in [-0.15, -0.1) is 0 Å². The van der Waals surface area contributed by atoms with E-state index in [1.54, 1.807) is 12.1 Å². The molecule has 100 valence electrons. The Morgan fingerprint density at radius 3 is 3.00 bits per heavy atom. The number of rotatable bonds is 5. The average molecular weight is 264 g/mol. The Labute approximate surface area is 109 Å². The third kappa shape index (κ3) is 3.38. The van der Waals surface area contributed by atoms with E-state index in [0.717, 1.165) is 0 Å². The van der Waals surface area contributed by atoms with Crippen LogP contribution in [-0.4, -0.2) is 24.7 Å². The van der Waals surface area contributed by atoms with E-state index in [4.69, 9.17) is 9.26 Å². The summed E-state index contributed by atoms with van der Waals surface area (Å²) >= 11 is 0. The number of carbonyl (C=O) groups is 1. The van der Waals surface area contributed by atoms with Crippen molar-refractivity contribution in [2.75, 3.05) is 13.7 Å². The highest BCUT2D eigenvalue weighted by Crippen LogP contribution is 2.16. The van der Waals surface area contributed by atoms with E-state index >= 15 is 0 Å². The van der Waals surface area contributed by atoms with Crippen LogP contribution in [0.3, 0.4) is 0 Å². The molecular formula is C13H13FN2O3. The predicted octanol–water partition coefficient (Wildman–Crippen LogP) is 1.93. The molecule has 0 aliphatic rings. The molecule has 1 atom stereocenters. The average Bonchev–Trinajstić information content (AvgIpc) is 2.93. The minimum absolute atomic E-state index is 0.120. The van der Waals surface area contributed by atoms with Crippen LogP contribution in [-0.2, 0) is 4.74 Å². The topological polar surface area (TPSA) is 64.4 Å². The van der Waals surface area contributed by atoms with E-state index < -0.39 is 12.0 Å². The van der Waals surface area contributed by atoms with E-state index in [1.807, 2.05) is 0 Å². The minimum atomic E-state index is -0.428. The van der Waals surface area contributed by atoms with Crippen LogP contribution < -0.4 is 5.32 Å². The molecule has 0 saturated heterocycles. The maximum Gasteiger partial charge on any atom is 0.289 e. The predicted molar refractivity (Wildman–Crippen MR) is 65.0 cm³/mol.